The molecular formula is C26H17F2N5O. The Labute approximate surface area is 192 Å². The number of anilines is 1. The summed E-state index contributed by atoms with van der Waals surface area (Å²) in [7, 11) is 0. The first-order valence-corrected chi connectivity index (χ1v) is 10.6. The van der Waals surface area contributed by atoms with E-state index in [0.29, 0.717) is 33.5 Å². The van der Waals surface area contributed by atoms with Crippen LogP contribution in [-0.2, 0) is 6.54 Å². The lowest BCUT2D eigenvalue weighted by Crippen LogP contribution is -2.17. The summed E-state index contributed by atoms with van der Waals surface area (Å²) in [6.07, 6.45) is 5.15. The molecule has 1 amide bonds. The minimum Gasteiger partial charge on any atom is -0.332 e. The highest BCUT2D eigenvalue weighted by molar-refractivity contribution is 6.07. The van der Waals surface area contributed by atoms with E-state index in [2.05, 4.69) is 15.3 Å². The highest BCUT2D eigenvalue weighted by Gasteiger charge is 2.17. The van der Waals surface area contributed by atoms with Crippen LogP contribution in [0.2, 0.25) is 0 Å². The summed E-state index contributed by atoms with van der Waals surface area (Å²) in [4.78, 5) is 22.0. The fraction of sp³-hybridized carbons (Fsp3) is 0.0385. The number of rotatable bonds is 4. The number of aromatic nitrogens is 4. The monoisotopic (exact) mass is 453 g/mol. The first kappa shape index (κ1) is 20.0. The van der Waals surface area contributed by atoms with Crippen molar-refractivity contribution in [1.29, 1.82) is 0 Å². The molecule has 0 radical (unpaired) electrons. The van der Waals surface area contributed by atoms with E-state index in [4.69, 9.17) is 0 Å². The molecule has 0 unspecified atom stereocenters. The second kappa shape index (κ2) is 7.77. The lowest BCUT2D eigenvalue weighted by Gasteiger charge is -2.12. The van der Waals surface area contributed by atoms with Crippen LogP contribution in [0.3, 0.4) is 0 Å². The minimum atomic E-state index is -0.394. The molecule has 0 aliphatic rings. The molecule has 0 spiro atoms. The molecule has 1 N–H and O–H groups in total. The van der Waals surface area contributed by atoms with Crippen LogP contribution in [0.1, 0.15) is 16.1 Å². The van der Waals surface area contributed by atoms with Gasteiger partial charge in [-0.3, -0.25) is 14.2 Å². The summed E-state index contributed by atoms with van der Waals surface area (Å²) in [5.74, 6) is -1.11. The standard InChI is InChI=1S/C26H17F2N5O/c27-18-3-1-2-16(10-18)15-33-22-7-4-19(28)11-17(22)12-24(33)26(34)30-20-5-6-21-23(13-20)32-9-8-29-14-25(32)31-21/h1-14H,15H2,(H,30,34). The molecule has 3 aromatic heterocycles. The van der Waals surface area contributed by atoms with E-state index in [1.807, 2.05) is 22.7 Å². The van der Waals surface area contributed by atoms with Crippen LogP contribution in [-0.4, -0.2) is 24.8 Å². The first-order valence-electron chi connectivity index (χ1n) is 10.6. The Bertz CT molecular complexity index is 1720. The molecule has 6 rings (SSSR count). The number of imidazole rings is 1. The third kappa shape index (κ3) is 3.45. The molecule has 3 heterocycles. The molecule has 34 heavy (non-hydrogen) atoms. The van der Waals surface area contributed by atoms with Gasteiger partial charge in [0, 0.05) is 35.5 Å². The van der Waals surface area contributed by atoms with Crippen molar-refractivity contribution in [2.75, 3.05) is 5.32 Å². The van der Waals surface area contributed by atoms with Gasteiger partial charge in [-0.2, -0.15) is 0 Å². The van der Waals surface area contributed by atoms with Crippen molar-refractivity contribution in [3.05, 3.63) is 108 Å². The van der Waals surface area contributed by atoms with E-state index >= 15 is 0 Å². The van der Waals surface area contributed by atoms with Gasteiger partial charge in [-0.25, -0.2) is 13.8 Å². The van der Waals surface area contributed by atoms with E-state index in [-0.39, 0.29) is 18.3 Å². The summed E-state index contributed by atoms with van der Waals surface area (Å²) in [5, 5.41) is 3.52. The van der Waals surface area contributed by atoms with Crippen molar-refractivity contribution in [3.8, 4) is 0 Å². The van der Waals surface area contributed by atoms with Crippen LogP contribution in [0.25, 0.3) is 27.6 Å². The second-order valence-electron chi connectivity index (χ2n) is 8.02. The lowest BCUT2D eigenvalue weighted by atomic mass is 10.2. The van der Waals surface area contributed by atoms with Gasteiger partial charge in [0.25, 0.3) is 5.91 Å². The first-order chi connectivity index (χ1) is 16.5. The van der Waals surface area contributed by atoms with E-state index in [1.165, 1.54) is 24.3 Å². The largest absolute Gasteiger partial charge is 0.332 e. The summed E-state index contributed by atoms with van der Waals surface area (Å²) < 4.78 is 31.3. The molecule has 0 aliphatic carbocycles. The molecule has 0 fully saturated rings. The van der Waals surface area contributed by atoms with Gasteiger partial charge in [-0.05, 0) is 60.2 Å². The van der Waals surface area contributed by atoms with Gasteiger partial charge in [0.15, 0.2) is 5.65 Å². The Balaban J connectivity index is 1.40. The maximum atomic E-state index is 13.9. The van der Waals surface area contributed by atoms with Gasteiger partial charge in [-0.15, -0.1) is 0 Å². The number of nitrogens with one attached hydrogen (secondary N) is 1. The predicted molar refractivity (Wildman–Crippen MR) is 126 cm³/mol. The van der Waals surface area contributed by atoms with Gasteiger partial charge in [0.05, 0.1) is 17.2 Å². The van der Waals surface area contributed by atoms with Crippen molar-refractivity contribution in [2.24, 2.45) is 0 Å². The van der Waals surface area contributed by atoms with E-state index in [9.17, 15) is 13.6 Å². The van der Waals surface area contributed by atoms with E-state index in [0.717, 1.165) is 11.0 Å². The molecule has 0 saturated heterocycles. The van der Waals surface area contributed by atoms with Crippen LogP contribution in [0.15, 0.2) is 85.3 Å². The molecule has 3 aromatic carbocycles. The zero-order valence-electron chi connectivity index (χ0n) is 17.7. The van der Waals surface area contributed by atoms with Crippen LogP contribution in [0.4, 0.5) is 14.5 Å². The normalized spacial score (nSPS) is 11.5. The number of carbonyl (C=O) groups excluding carboxylic acids is 1. The number of nitrogens with zero attached hydrogens (tertiary/aromatic N) is 4. The van der Waals surface area contributed by atoms with E-state index in [1.54, 1.807) is 47.3 Å². The van der Waals surface area contributed by atoms with Crippen LogP contribution in [0, 0.1) is 11.6 Å². The Hall–Kier alpha value is -4.59. The Morgan fingerprint density at radius 3 is 2.71 bits per heavy atom. The van der Waals surface area contributed by atoms with Crippen LogP contribution in [0.5, 0.6) is 0 Å². The van der Waals surface area contributed by atoms with E-state index < -0.39 is 5.82 Å². The Morgan fingerprint density at radius 2 is 1.82 bits per heavy atom. The second-order valence-corrected chi connectivity index (χ2v) is 8.02. The molecule has 0 saturated carbocycles. The van der Waals surface area contributed by atoms with Crippen LogP contribution >= 0.6 is 0 Å². The summed E-state index contributed by atoms with van der Waals surface area (Å²) in [6.45, 7) is 0.259. The number of hydrogen-bond donors (Lipinski definition) is 1. The molecule has 0 aliphatic heterocycles. The van der Waals surface area contributed by atoms with Crippen molar-refractivity contribution in [1.82, 2.24) is 18.9 Å². The maximum Gasteiger partial charge on any atom is 0.272 e. The Morgan fingerprint density at radius 1 is 0.941 bits per heavy atom. The summed E-state index contributed by atoms with van der Waals surface area (Å²) in [6, 6.07) is 17.6. The average Bonchev–Trinajstić information content (AvgIpc) is 3.37. The fourth-order valence-corrected chi connectivity index (χ4v) is 4.27. The summed E-state index contributed by atoms with van der Waals surface area (Å²) >= 11 is 0. The molecule has 6 nitrogen and oxygen atoms in total. The highest BCUT2D eigenvalue weighted by Crippen LogP contribution is 2.25. The van der Waals surface area contributed by atoms with Gasteiger partial charge >= 0.3 is 0 Å². The molecule has 0 atom stereocenters. The third-order valence-electron chi connectivity index (χ3n) is 5.79. The maximum absolute atomic E-state index is 13.9. The number of amides is 1. The van der Waals surface area contributed by atoms with Gasteiger partial charge in [-0.1, -0.05) is 12.1 Å². The fourth-order valence-electron chi connectivity index (χ4n) is 4.27. The third-order valence-corrected chi connectivity index (χ3v) is 5.79. The lowest BCUT2D eigenvalue weighted by molar-refractivity contribution is 0.101. The average molecular weight is 453 g/mol. The summed E-state index contributed by atoms with van der Waals surface area (Å²) in [5.41, 5.74) is 4.62. The van der Waals surface area contributed by atoms with Crippen molar-refractivity contribution in [2.45, 2.75) is 6.54 Å². The predicted octanol–water partition coefficient (Wildman–Crippen LogP) is 5.42. The minimum absolute atomic E-state index is 0.259. The molecule has 6 aromatic rings. The number of fused-ring (bicyclic) bond motifs is 4. The molecule has 8 heteroatoms. The van der Waals surface area contributed by atoms with Gasteiger partial charge < -0.3 is 9.88 Å². The zero-order valence-corrected chi connectivity index (χ0v) is 17.7. The number of halogens is 2. The topological polar surface area (TPSA) is 64.2 Å². The number of benzene rings is 3. The SMILES string of the molecule is O=C(Nc1ccc2nc3cnccn3c2c1)c1cc2cc(F)ccc2n1Cc1cccc(F)c1. The Kier molecular flexibility index (Phi) is 4.58. The smallest absolute Gasteiger partial charge is 0.272 e. The molecule has 166 valence electrons. The quantitative estimate of drug-likeness (QED) is 0.388. The number of hydrogen-bond acceptors (Lipinski definition) is 3. The molecule has 0 bridgehead atoms. The van der Waals surface area contributed by atoms with Crippen LogP contribution < -0.4 is 5.32 Å². The van der Waals surface area contributed by atoms with Gasteiger partial charge in [0.1, 0.15) is 17.3 Å². The van der Waals surface area contributed by atoms with Crippen molar-refractivity contribution in [3.63, 3.8) is 0 Å². The van der Waals surface area contributed by atoms with Crippen molar-refractivity contribution < 1.29 is 13.6 Å². The molecular weight excluding hydrogens is 436 g/mol. The zero-order chi connectivity index (χ0) is 23.2. The highest BCUT2D eigenvalue weighted by atomic mass is 19.1. The van der Waals surface area contributed by atoms with Crippen molar-refractivity contribution >= 4 is 39.2 Å². The van der Waals surface area contributed by atoms with Gasteiger partial charge in [0.2, 0.25) is 0 Å². The number of carbonyl (C=O) groups is 1.